The molecule has 0 radical (unpaired) electrons. The van der Waals surface area contributed by atoms with Crippen molar-refractivity contribution in [3.63, 3.8) is 0 Å². The Kier molecular flexibility index (Phi) is 7.56. The third-order valence-corrected chi connectivity index (χ3v) is 7.95. The van der Waals surface area contributed by atoms with Crippen LogP contribution in [-0.4, -0.2) is 37.5 Å². The molecule has 0 unspecified atom stereocenters. The number of nitrogens with zero attached hydrogens (tertiary/aromatic N) is 1. The van der Waals surface area contributed by atoms with Gasteiger partial charge >= 0.3 is 0 Å². The molecule has 2 aromatic rings. The quantitative estimate of drug-likeness (QED) is 0.630. The van der Waals surface area contributed by atoms with Crippen molar-refractivity contribution < 1.29 is 13.2 Å². The summed E-state index contributed by atoms with van der Waals surface area (Å²) in [6.45, 7) is 1.16. The number of halogens is 1. The number of piperidine rings is 1. The fraction of sp³-hybridized carbons (Fsp3) is 0.350. The van der Waals surface area contributed by atoms with E-state index in [4.69, 9.17) is 0 Å². The number of rotatable bonds is 7. The predicted molar refractivity (Wildman–Crippen MR) is 118 cm³/mol. The lowest BCUT2D eigenvalue weighted by Gasteiger charge is -2.25. The third-order valence-electron chi connectivity index (χ3n) is 4.51. The number of carbonyl (C=O) groups is 1. The number of anilines is 1. The lowest BCUT2D eigenvalue weighted by molar-refractivity contribution is -0.113. The van der Waals surface area contributed by atoms with Gasteiger partial charge in [-0.2, -0.15) is 4.31 Å². The molecule has 2 aromatic carbocycles. The number of nitrogens with one attached hydrogen (secondary N) is 1. The lowest BCUT2D eigenvalue weighted by Crippen LogP contribution is -2.35. The zero-order valence-electron chi connectivity index (χ0n) is 15.4. The minimum atomic E-state index is -3.44. The summed E-state index contributed by atoms with van der Waals surface area (Å²) in [5.41, 5.74) is 1.76. The Morgan fingerprint density at radius 1 is 1.00 bits per heavy atom. The van der Waals surface area contributed by atoms with Gasteiger partial charge in [0.15, 0.2) is 0 Å². The molecule has 0 spiro atoms. The van der Waals surface area contributed by atoms with Crippen molar-refractivity contribution in [1.82, 2.24) is 4.31 Å². The van der Waals surface area contributed by atoms with Crippen molar-refractivity contribution >= 4 is 49.3 Å². The fourth-order valence-electron chi connectivity index (χ4n) is 3.00. The molecule has 0 atom stereocenters. The topological polar surface area (TPSA) is 66.5 Å². The molecule has 0 bridgehead atoms. The summed E-state index contributed by atoms with van der Waals surface area (Å²) < 4.78 is 27.9. The van der Waals surface area contributed by atoms with Crippen LogP contribution in [0, 0.1) is 0 Å². The zero-order chi connectivity index (χ0) is 20.0. The molecule has 0 aliphatic carbocycles. The van der Waals surface area contributed by atoms with Gasteiger partial charge in [0.2, 0.25) is 15.9 Å². The zero-order valence-corrected chi connectivity index (χ0v) is 18.7. The highest BCUT2D eigenvalue weighted by Gasteiger charge is 2.25. The van der Waals surface area contributed by atoms with Crippen molar-refractivity contribution in [2.45, 2.75) is 29.9 Å². The summed E-state index contributed by atoms with van der Waals surface area (Å²) in [6.07, 6.45) is 2.90. The van der Waals surface area contributed by atoms with E-state index in [1.54, 1.807) is 28.6 Å². The van der Waals surface area contributed by atoms with E-state index in [2.05, 4.69) is 21.2 Å². The van der Waals surface area contributed by atoms with Crippen molar-refractivity contribution in [3.8, 4) is 0 Å². The molecule has 1 heterocycles. The second-order valence-corrected chi connectivity index (χ2v) is 10.5. The number of carbonyl (C=O) groups excluding carboxylic acids is 1. The second-order valence-electron chi connectivity index (χ2n) is 6.66. The van der Waals surface area contributed by atoms with E-state index in [1.807, 2.05) is 24.3 Å². The summed E-state index contributed by atoms with van der Waals surface area (Å²) in [5, 5.41) is 2.82. The minimum absolute atomic E-state index is 0.103. The van der Waals surface area contributed by atoms with Crippen LogP contribution in [0.3, 0.4) is 0 Å². The smallest absolute Gasteiger partial charge is 0.243 e. The molecule has 1 amide bonds. The molecular weight excluding hydrogens is 460 g/mol. The Balaban J connectivity index is 1.50. The Bertz CT molecular complexity index is 894. The molecule has 8 heteroatoms. The van der Waals surface area contributed by atoms with E-state index in [1.165, 1.54) is 11.8 Å². The number of hydrogen-bond donors (Lipinski definition) is 1. The predicted octanol–water partition coefficient (Wildman–Crippen LogP) is 4.50. The average Bonchev–Trinajstić information content (AvgIpc) is 2.70. The molecule has 0 saturated carbocycles. The van der Waals surface area contributed by atoms with Crippen molar-refractivity contribution in [1.29, 1.82) is 0 Å². The molecule has 1 aliphatic rings. The number of hydrogen-bond acceptors (Lipinski definition) is 4. The molecule has 1 fully saturated rings. The normalized spacial score (nSPS) is 15.3. The first-order valence-electron chi connectivity index (χ1n) is 9.17. The van der Waals surface area contributed by atoms with Gasteiger partial charge in [-0.25, -0.2) is 8.42 Å². The van der Waals surface area contributed by atoms with E-state index in [0.717, 1.165) is 35.1 Å². The van der Waals surface area contributed by atoms with E-state index in [-0.39, 0.29) is 10.8 Å². The molecule has 1 N–H and O–H groups in total. The first kappa shape index (κ1) is 21.4. The van der Waals surface area contributed by atoms with Crippen LogP contribution in [0.4, 0.5) is 5.69 Å². The highest BCUT2D eigenvalue weighted by Crippen LogP contribution is 2.22. The van der Waals surface area contributed by atoms with Gasteiger partial charge in [0, 0.05) is 29.0 Å². The first-order valence-corrected chi connectivity index (χ1v) is 12.6. The van der Waals surface area contributed by atoms with Crippen LogP contribution in [-0.2, 0) is 20.6 Å². The Hall–Kier alpha value is -1.35. The highest BCUT2D eigenvalue weighted by molar-refractivity contribution is 9.10. The molecule has 1 aliphatic heterocycles. The van der Waals surface area contributed by atoms with Crippen LogP contribution < -0.4 is 5.32 Å². The van der Waals surface area contributed by atoms with Gasteiger partial charge in [-0.05, 0) is 54.8 Å². The maximum atomic E-state index is 12.7. The largest absolute Gasteiger partial charge is 0.325 e. The van der Waals surface area contributed by atoms with E-state index < -0.39 is 10.0 Å². The maximum Gasteiger partial charge on any atom is 0.243 e. The third kappa shape index (κ3) is 5.83. The Morgan fingerprint density at radius 2 is 1.64 bits per heavy atom. The summed E-state index contributed by atoms with van der Waals surface area (Å²) in [5.74, 6) is 0.992. The molecule has 3 rings (SSSR count). The highest BCUT2D eigenvalue weighted by atomic mass is 79.9. The van der Waals surface area contributed by atoms with Gasteiger partial charge in [0.25, 0.3) is 0 Å². The second kappa shape index (κ2) is 9.91. The van der Waals surface area contributed by atoms with E-state index >= 15 is 0 Å². The summed E-state index contributed by atoms with van der Waals surface area (Å²) in [7, 11) is -3.44. The van der Waals surface area contributed by atoms with Crippen LogP contribution in [0.2, 0.25) is 0 Å². The molecule has 0 aromatic heterocycles. The van der Waals surface area contributed by atoms with Crippen LogP contribution in [0.15, 0.2) is 57.9 Å². The first-order chi connectivity index (χ1) is 13.4. The molecule has 5 nitrogen and oxygen atoms in total. The van der Waals surface area contributed by atoms with Crippen LogP contribution in [0.1, 0.15) is 24.8 Å². The monoisotopic (exact) mass is 482 g/mol. The molecular formula is C20H23BrN2O3S2. The number of amides is 1. The lowest BCUT2D eigenvalue weighted by atomic mass is 10.2. The maximum absolute atomic E-state index is 12.7. The standard InChI is InChI=1S/C20H23BrN2O3S2/c21-17-6-4-16(5-7-17)14-27-15-20(24)22-18-8-10-19(11-9-18)28(25,26)23-12-2-1-3-13-23/h4-11H,1-3,12-15H2,(H,22,24). The molecule has 28 heavy (non-hydrogen) atoms. The van der Waals surface area contributed by atoms with Crippen LogP contribution in [0.5, 0.6) is 0 Å². The molecule has 1 saturated heterocycles. The summed E-state index contributed by atoms with van der Waals surface area (Å²) in [6, 6.07) is 14.4. The fourth-order valence-corrected chi connectivity index (χ4v) is 5.57. The Labute approximate surface area is 179 Å². The van der Waals surface area contributed by atoms with Crippen LogP contribution in [0.25, 0.3) is 0 Å². The summed E-state index contributed by atoms with van der Waals surface area (Å²) in [4.78, 5) is 12.4. The van der Waals surface area contributed by atoms with Crippen molar-refractivity contribution in [3.05, 3.63) is 58.6 Å². The van der Waals surface area contributed by atoms with Gasteiger partial charge in [0.05, 0.1) is 10.6 Å². The average molecular weight is 483 g/mol. The number of sulfonamides is 1. The SMILES string of the molecule is O=C(CSCc1ccc(Br)cc1)Nc1ccc(S(=O)(=O)N2CCCCC2)cc1. The number of thioether (sulfide) groups is 1. The van der Waals surface area contributed by atoms with Gasteiger partial charge in [-0.1, -0.05) is 34.5 Å². The van der Waals surface area contributed by atoms with Gasteiger partial charge in [-0.3, -0.25) is 4.79 Å². The van der Waals surface area contributed by atoms with E-state index in [0.29, 0.717) is 24.5 Å². The van der Waals surface area contributed by atoms with Gasteiger partial charge < -0.3 is 5.32 Å². The van der Waals surface area contributed by atoms with Crippen LogP contribution >= 0.6 is 27.7 Å². The summed E-state index contributed by atoms with van der Waals surface area (Å²) >= 11 is 4.94. The molecule has 150 valence electrons. The minimum Gasteiger partial charge on any atom is -0.325 e. The van der Waals surface area contributed by atoms with E-state index in [9.17, 15) is 13.2 Å². The number of benzene rings is 2. The van der Waals surface area contributed by atoms with Gasteiger partial charge in [0.1, 0.15) is 0 Å². The Morgan fingerprint density at radius 3 is 2.29 bits per heavy atom. The van der Waals surface area contributed by atoms with Gasteiger partial charge in [-0.15, -0.1) is 11.8 Å². The van der Waals surface area contributed by atoms with Crippen molar-refractivity contribution in [2.75, 3.05) is 24.2 Å². The van der Waals surface area contributed by atoms with Crippen molar-refractivity contribution in [2.24, 2.45) is 0 Å².